The Balaban J connectivity index is 1.64. The molecule has 0 unspecified atom stereocenters. The molecule has 0 saturated carbocycles. The van der Waals surface area contributed by atoms with Gasteiger partial charge >= 0.3 is 5.97 Å². The Morgan fingerprint density at radius 1 is 1.05 bits per heavy atom. The number of carbonyl (C=O) groups excluding carboxylic acids is 1. The van der Waals surface area contributed by atoms with Crippen molar-refractivity contribution in [2.24, 2.45) is 5.92 Å². The first-order valence-electron chi connectivity index (χ1n) is 7.31. The third kappa shape index (κ3) is 3.53. The van der Waals surface area contributed by atoms with Crippen LogP contribution >= 0.6 is 0 Å². The Morgan fingerprint density at radius 3 is 2.45 bits per heavy atom. The fraction of sp³-hybridized carbons (Fsp3) is 0.278. The molecule has 1 aliphatic rings. The molecule has 4 heteroatoms. The Bertz CT molecular complexity index is 597. The van der Waals surface area contributed by atoms with Crippen LogP contribution in [0.2, 0.25) is 0 Å². The van der Waals surface area contributed by atoms with Crippen LogP contribution in [0.4, 0.5) is 0 Å². The van der Waals surface area contributed by atoms with Gasteiger partial charge in [0, 0.05) is 5.92 Å². The van der Waals surface area contributed by atoms with Gasteiger partial charge in [-0.2, -0.15) is 0 Å². The molecule has 0 bridgehead atoms. The van der Waals surface area contributed by atoms with Gasteiger partial charge in [0.05, 0.1) is 24.9 Å². The van der Waals surface area contributed by atoms with E-state index in [9.17, 15) is 4.79 Å². The average molecular weight is 298 g/mol. The van der Waals surface area contributed by atoms with Crippen LogP contribution in [0.5, 0.6) is 0 Å². The van der Waals surface area contributed by atoms with Gasteiger partial charge in [-0.15, -0.1) is 0 Å². The predicted molar refractivity (Wildman–Crippen MR) is 81.3 cm³/mol. The first kappa shape index (κ1) is 14.8. The number of carbonyl (C=O) groups is 1. The maximum atomic E-state index is 12.0. The van der Waals surface area contributed by atoms with Crippen LogP contribution in [0, 0.1) is 5.92 Å². The lowest BCUT2D eigenvalue weighted by Crippen LogP contribution is -2.32. The van der Waals surface area contributed by atoms with Crippen LogP contribution in [0.25, 0.3) is 0 Å². The molecule has 0 spiro atoms. The summed E-state index contributed by atoms with van der Waals surface area (Å²) in [7, 11) is 0. The second-order valence-corrected chi connectivity index (χ2v) is 5.21. The zero-order valence-electron chi connectivity index (χ0n) is 12.2. The fourth-order valence-corrected chi connectivity index (χ4v) is 2.53. The molecule has 1 fully saturated rings. The summed E-state index contributed by atoms with van der Waals surface area (Å²) in [6.45, 7) is 1.05. The van der Waals surface area contributed by atoms with E-state index >= 15 is 0 Å². The van der Waals surface area contributed by atoms with Gasteiger partial charge in [-0.25, -0.2) is 4.79 Å². The zero-order chi connectivity index (χ0) is 15.2. The maximum Gasteiger partial charge on any atom is 0.338 e. The second kappa shape index (κ2) is 7.20. The SMILES string of the molecule is O=C(OC[C@H]1COCO[C@@H]1c1ccccc1)c1ccccc1. The molecule has 2 atom stereocenters. The molecule has 0 N–H and O–H groups in total. The van der Waals surface area contributed by atoms with Gasteiger partial charge in [0.15, 0.2) is 0 Å². The maximum absolute atomic E-state index is 12.0. The third-order valence-electron chi connectivity index (χ3n) is 3.66. The first-order valence-corrected chi connectivity index (χ1v) is 7.31. The lowest BCUT2D eigenvalue weighted by atomic mass is 9.96. The minimum absolute atomic E-state index is 0.0104. The van der Waals surface area contributed by atoms with Crippen molar-refractivity contribution in [1.82, 2.24) is 0 Å². The number of ether oxygens (including phenoxy) is 3. The Morgan fingerprint density at radius 2 is 1.73 bits per heavy atom. The molecule has 4 nitrogen and oxygen atoms in total. The van der Waals surface area contributed by atoms with Gasteiger partial charge in [0.25, 0.3) is 0 Å². The van der Waals surface area contributed by atoms with Gasteiger partial charge in [0.2, 0.25) is 0 Å². The predicted octanol–water partition coefficient (Wildman–Crippen LogP) is 3.21. The van der Waals surface area contributed by atoms with Crippen LogP contribution in [0.1, 0.15) is 22.0 Å². The van der Waals surface area contributed by atoms with Gasteiger partial charge in [0.1, 0.15) is 6.79 Å². The van der Waals surface area contributed by atoms with E-state index in [2.05, 4.69) is 0 Å². The molecule has 1 saturated heterocycles. The Kier molecular flexibility index (Phi) is 4.83. The summed E-state index contributed by atoms with van der Waals surface area (Å²) in [4.78, 5) is 12.0. The molecule has 0 radical (unpaired) electrons. The zero-order valence-corrected chi connectivity index (χ0v) is 12.2. The minimum Gasteiger partial charge on any atom is -0.462 e. The number of hydrogen-bond acceptors (Lipinski definition) is 4. The van der Waals surface area contributed by atoms with E-state index in [-0.39, 0.29) is 31.4 Å². The van der Waals surface area contributed by atoms with Gasteiger partial charge in [-0.3, -0.25) is 0 Å². The van der Waals surface area contributed by atoms with E-state index in [0.29, 0.717) is 12.2 Å². The summed E-state index contributed by atoms with van der Waals surface area (Å²) in [6.07, 6.45) is -0.112. The molecule has 3 rings (SSSR count). The molecule has 22 heavy (non-hydrogen) atoms. The molecule has 0 aliphatic carbocycles. The number of benzene rings is 2. The summed E-state index contributed by atoms with van der Waals surface area (Å²) in [5.41, 5.74) is 1.63. The van der Waals surface area contributed by atoms with Crippen molar-refractivity contribution in [3.05, 3.63) is 71.8 Å². The molecule has 1 aliphatic heterocycles. The van der Waals surface area contributed by atoms with E-state index < -0.39 is 0 Å². The summed E-state index contributed by atoms with van der Waals surface area (Å²) in [5, 5.41) is 0. The average Bonchev–Trinajstić information content (AvgIpc) is 2.61. The minimum atomic E-state index is -0.321. The topological polar surface area (TPSA) is 44.8 Å². The van der Waals surface area contributed by atoms with E-state index in [1.54, 1.807) is 12.1 Å². The molecule has 1 heterocycles. The van der Waals surface area contributed by atoms with E-state index in [1.807, 2.05) is 48.5 Å². The van der Waals surface area contributed by atoms with E-state index in [1.165, 1.54) is 0 Å². The smallest absolute Gasteiger partial charge is 0.338 e. The third-order valence-corrected chi connectivity index (χ3v) is 3.66. The first-order chi connectivity index (χ1) is 10.8. The number of rotatable bonds is 4. The van der Waals surface area contributed by atoms with Crippen LogP contribution in [-0.2, 0) is 14.2 Å². The van der Waals surface area contributed by atoms with Crippen molar-refractivity contribution in [1.29, 1.82) is 0 Å². The van der Waals surface area contributed by atoms with Crippen LogP contribution in [0.15, 0.2) is 60.7 Å². The molecule has 2 aromatic rings. The second-order valence-electron chi connectivity index (χ2n) is 5.21. The van der Waals surface area contributed by atoms with Gasteiger partial charge in [-0.1, -0.05) is 48.5 Å². The van der Waals surface area contributed by atoms with Crippen molar-refractivity contribution in [3.63, 3.8) is 0 Å². The lowest BCUT2D eigenvalue weighted by molar-refractivity contribution is -0.180. The molecule has 0 amide bonds. The highest BCUT2D eigenvalue weighted by atomic mass is 16.7. The standard InChI is InChI=1S/C18H18O4/c19-18(15-9-5-2-6-10-15)21-12-16-11-20-13-22-17(16)14-7-3-1-4-8-14/h1-10,16-17H,11-13H2/t16-,17-/m1/s1. The molecule has 0 aromatic heterocycles. The Labute approximate surface area is 129 Å². The largest absolute Gasteiger partial charge is 0.462 e. The van der Waals surface area contributed by atoms with Crippen LogP contribution < -0.4 is 0 Å². The summed E-state index contributed by atoms with van der Waals surface area (Å²) in [5.74, 6) is -0.332. The number of hydrogen-bond donors (Lipinski definition) is 0. The van der Waals surface area contributed by atoms with Gasteiger partial charge in [-0.05, 0) is 17.7 Å². The summed E-state index contributed by atoms with van der Waals surface area (Å²) in [6, 6.07) is 18.9. The molecule has 114 valence electrons. The highest BCUT2D eigenvalue weighted by Crippen LogP contribution is 2.30. The molecule has 2 aromatic carbocycles. The van der Waals surface area contributed by atoms with Gasteiger partial charge < -0.3 is 14.2 Å². The van der Waals surface area contributed by atoms with E-state index in [4.69, 9.17) is 14.2 Å². The van der Waals surface area contributed by atoms with Crippen molar-refractivity contribution < 1.29 is 19.0 Å². The summed E-state index contributed by atoms with van der Waals surface area (Å²) >= 11 is 0. The normalized spacial score (nSPS) is 21.3. The number of esters is 1. The van der Waals surface area contributed by atoms with Crippen LogP contribution in [-0.4, -0.2) is 26.0 Å². The summed E-state index contributed by atoms with van der Waals surface area (Å²) < 4.78 is 16.5. The molecular formula is C18H18O4. The quantitative estimate of drug-likeness (QED) is 0.813. The van der Waals surface area contributed by atoms with Crippen molar-refractivity contribution in [3.8, 4) is 0 Å². The monoisotopic (exact) mass is 298 g/mol. The highest BCUT2D eigenvalue weighted by molar-refractivity contribution is 5.89. The molecular weight excluding hydrogens is 280 g/mol. The van der Waals surface area contributed by atoms with Crippen LogP contribution in [0.3, 0.4) is 0 Å². The van der Waals surface area contributed by atoms with E-state index in [0.717, 1.165) is 5.56 Å². The highest BCUT2D eigenvalue weighted by Gasteiger charge is 2.29. The Hall–Kier alpha value is -2.17. The van der Waals surface area contributed by atoms with Crippen molar-refractivity contribution >= 4 is 5.97 Å². The fourth-order valence-electron chi connectivity index (χ4n) is 2.53. The van der Waals surface area contributed by atoms with Crippen molar-refractivity contribution in [2.75, 3.05) is 20.0 Å². The van der Waals surface area contributed by atoms with Crippen molar-refractivity contribution in [2.45, 2.75) is 6.10 Å². The lowest BCUT2D eigenvalue weighted by Gasteiger charge is -2.31.